The summed E-state index contributed by atoms with van der Waals surface area (Å²) in [5.74, 6) is -0.562. The molecule has 4 rings (SSSR count). The summed E-state index contributed by atoms with van der Waals surface area (Å²) in [5, 5.41) is 7.46. The van der Waals surface area contributed by atoms with Crippen LogP contribution in [0.3, 0.4) is 0 Å². The van der Waals surface area contributed by atoms with Crippen LogP contribution in [0, 0.1) is 5.82 Å². The summed E-state index contributed by atoms with van der Waals surface area (Å²) in [6.07, 6.45) is 0.774. The number of hydrogen-bond donors (Lipinski definition) is 1. The fourth-order valence-corrected chi connectivity index (χ4v) is 3.45. The van der Waals surface area contributed by atoms with Crippen LogP contribution in [0.1, 0.15) is 36.2 Å². The molecule has 8 nitrogen and oxygen atoms in total. The maximum absolute atomic E-state index is 13.5. The summed E-state index contributed by atoms with van der Waals surface area (Å²) in [6.45, 7) is 3.90. The van der Waals surface area contributed by atoms with Gasteiger partial charge in [0.2, 0.25) is 5.78 Å². The summed E-state index contributed by atoms with van der Waals surface area (Å²) in [6, 6.07) is 10.5. The van der Waals surface area contributed by atoms with Crippen LogP contribution >= 0.6 is 0 Å². The van der Waals surface area contributed by atoms with Crippen molar-refractivity contribution in [3.8, 4) is 0 Å². The van der Waals surface area contributed by atoms with Gasteiger partial charge in [0, 0.05) is 18.7 Å². The number of benzene rings is 2. The zero-order chi connectivity index (χ0) is 22.3. The Hall–Kier alpha value is -3.75. The number of halogens is 1. The van der Waals surface area contributed by atoms with E-state index in [1.54, 1.807) is 24.3 Å². The van der Waals surface area contributed by atoms with E-state index >= 15 is 0 Å². The van der Waals surface area contributed by atoms with Gasteiger partial charge < -0.3 is 5.32 Å². The van der Waals surface area contributed by atoms with Crippen molar-refractivity contribution >= 4 is 22.6 Å². The summed E-state index contributed by atoms with van der Waals surface area (Å²) in [5.41, 5.74) is 0.379. The zero-order valence-electron chi connectivity index (χ0n) is 17.4. The molecule has 0 saturated carbocycles. The Balaban J connectivity index is 1.91. The fraction of sp³-hybridized carbons (Fsp3) is 0.273. The molecule has 2 heterocycles. The van der Waals surface area contributed by atoms with E-state index in [1.807, 2.05) is 13.8 Å². The predicted molar refractivity (Wildman–Crippen MR) is 115 cm³/mol. The quantitative estimate of drug-likeness (QED) is 0.532. The largest absolute Gasteiger partial charge is 0.352 e. The number of hydrogen-bond acceptors (Lipinski definition) is 4. The molecule has 9 heteroatoms. The number of aryl methyl sites for hydroxylation is 1. The maximum Gasteiger partial charge on any atom is 0.352 e. The van der Waals surface area contributed by atoms with Crippen molar-refractivity contribution in [2.75, 3.05) is 0 Å². The minimum Gasteiger partial charge on any atom is -0.350 e. The van der Waals surface area contributed by atoms with Crippen LogP contribution in [-0.2, 0) is 13.6 Å². The summed E-state index contributed by atoms with van der Waals surface area (Å²) < 4.78 is 17.3. The minimum atomic E-state index is -0.487. The van der Waals surface area contributed by atoms with Gasteiger partial charge in [-0.05, 0) is 49.2 Å². The standard InChI is InChI=1S/C22H22FN5O3/c1-4-13(2)24-19(29)15-8-9-17-18(11-15)28-21(26(3)20(17)30)25-27(22(28)31)12-14-6-5-7-16(23)10-14/h5-11,13H,4,12H2,1-3H3,(H,24,29). The Kier molecular flexibility index (Phi) is 5.18. The van der Waals surface area contributed by atoms with Crippen LogP contribution < -0.4 is 16.6 Å². The van der Waals surface area contributed by atoms with Gasteiger partial charge in [-0.15, -0.1) is 5.10 Å². The third-order valence-electron chi connectivity index (χ3n) is 5.37. The Morgan fingerprint density at radius 1 is 1.19 bits per heavy atom. The molecule has 1 amide bonds. The van der Waals surface area contributed by atoms with Gasteiger partial charge >= 0.3 is 5.69 Å². The highest BCUT2D eigenvalue weighted by atomic mass is 19.1. The molecule has 1 unspecified atom stereocenters. The SMILES string of the molecule is CCC(C)NC(=O)c1ccc2c(=O)n(C)c3nn(Cc4cccc(F)c4)c(=O)n3c2c1. The molecule has 31 heavy (non-hydrogen) atoms. The molecule has 1 N–H and O–H groups in total. The highest BCUT2D eigenvalue weighted by Crippen LogP contribution is 2.14. The van der Waals surface area contributed by atoms with Gasteiger partial charge in [0.05, 0.1) is 17.4 Å². The van der Waals surface area contributed by atoms with Crippen molar-refractivity contribution in [1.29, 1.82) is 0 Å². The lowest BCUT2D eigenvalue weighted by molar-refractivity contribution is 0.0939. The van der Waals surface area contributed by atoms with Gasteiger partial charge in [-0.25, -0.2) is 18.3 Å². The topological polar surface area (TPSA) is 90.4 Å². The average molecular weight is 423 g/mol. The molecule has 0 radical (unpaired) electrons. The zero-order valence-corrected chi connectivity index (χ0v) is 17.4. The number of amides is 1. The van der Waals surface area contributed by atoms with Crippen LogP contribution in [0.4, 0.5) is 4.39 Å². The van der Waals surface area contributed by atoms with E-state index in [9.17, 15) is 18.8 Å². The van der Waals surface area contributed by atoms with Gasteiger partial charge in [0.15, 0.2) is 0 Å². The molecule has 0 aliphatic heterocycles. The average Bonchev–Trinajstić information content (AvgIpc) is 3.07. The van der Waals surface area contributed by atoms with Crippen molar-refractivity contribution in [2.24, 2.45) is 7.05 Å². The van der Waals surface area contributed by atoms with Crippen molar-refractivity contribution in [2.45, 2.75) is 32.9 Å². The maximum atomic E-state index is 13.5. The molecule has 4 aromatic rings. The minimum absolute atomic E-state index is 0.0106. The van der Waals surface area contributed by atoms with Crippen LogP contribution in [0.25, 0.3) is 16.7 Å². The van der Waals surface area contributed by atoms with Gasteiger partial charge in [-0.2, -0.15) is 0 Å². The molecule has 2 aromatic carbocycles. The fourth-order valence-electron chi connectivity index (χ4n) is 3.45. The van der Waals surface area contributed by atoms with E-state index in [0.29, 0.717) is 22.0 Å². The molecule has 1 atom stereocenters. The monoisotopic (exact) mass is 423 g/mol. The number of aromatic nitrogens is 4. The Labute approximate surface area is 176 Å². The summed E-state index contributed by atoms with van der Waals surface area (Å²) >= 11 is 0. The van der Waals surface area contributed by atoms with Crippen LogP contribution in [0.5, 0.6) is 0 Å². The number of carbonyl (C=O) groups excluding carboxylic acids is 1. The molecule has 0 fully saturated rings. The lowest BCUT2D eigenvalue weighted by Crippen LogP contribution is -2.32. The number of nitrogens with zero attached hydrogens (tertiary/aromatic N) is 4. The second-order valence-corrected chi connectivity index (χ2v) is 7.58. The molecule has 0 aliphatic rings. The molecule has 0 bridgehead atoms. The van der Waals surface area contributed by atoms with E-state index in [-0.39, 0.29) is 29.8 Å². The number of fused-ring (bicyclic) bond motifs is 3. The Morgan fingerprint density at radius 3 is 2.68 bits per heavy atom. The third-order valence-corrected chi connectivity index (χ3v) is 5.37. The summed E-state index contributed by atoms with van der Waals surface area (Å²) in [4.78, 5) is 38.5. The Bertz CT molecular complexity index is 1430. The highest BCUT2D eigenvalue weighted by molar-refractivity contribution is 5.98. The van der Waals surface area contributed by atoms with Crippen molar-refractivity contribution in [1.82, 2.24) is 24.1 Å². The first-order chi connectivity index (χ1) is 14.8. The van der Waals surface area contributed by atoms with Gasteiger partial charge in [-0.3, -0.25) is 14.2 Å². The first-order valence-corrected chi connectivity index (χ1v) is 9.97. The van der Waals surface area contributed by atoms with Crippen molar-refractivity contribution in [3.63, 3.8) is 0 Å². The number of nitrogens with one attached hydrogen (secondary N) is 1. The Morgan fingerprint density at radius 2 is 1.97 bits per heavy atom. The normalized spacial score (nSPS) is 12.4. The van der Waals surface area contributed by atoms with Crippen LogP contribution in [-0.4, -0.2) is 30.7 Å². The van der Waals surface area contributed by atoms with E-state index < -0.39 is 11.5 Å². The van der Waals surface area contributed by atoms with E-state index in [2.05, 4.69) is 10.4 Å². The molecule has 0 aliphatic carbocycles. The predicted octanol–water partition coefficient (Wildman–Crippen LogP) is 2.06. The molecule has 0 spiro atoms. The number of carbonyl (C=O) groups is 1. The lowest BCUT2D eigenvalue weighted by atomic mass is 10.1. The van der Waals surface area contributed by atoms with Gasteiger partial charge in [0.1, 0.15) is 5.82 Å². The lowest BCUT2D eigenvalue weighted by Gasteiger charge is -2.12. The second kappa shape index (κ2) is 7.82. The first-order valence-electron chi connectivity index (χ1n) is 9.97. The third kappa shape index (κ3) is 3.63. The van der Waals surface area contributed by atoms with Crippen LogP contribution in [0.15, 0.2) is 52.1 Å². The van der Waals surface area contributed by atoms with Crippen LogP contribution in [0.2, 0.25) is 0 Å². The molecule has 160 valence electrons. The van der Waals surface area contributed by atoms with Gasteiger partial charge in [-0.1, -0.05) is 19.1 Å². The van der Waals surface area contributed by atoms with E-state index in [4.69, 9.17) is 0 Å². The number of rotatable bonds is 5. The van der Waals surface area contributed by atoms with Crippen molar-refractivity contribution in [3.05, 3.63) is 80.2 Å². The molecule has 0 saturated heterocycles. The first kappa shape index (κ1) is 20.5. The summed E-state index contributed by atoms with van der Waals surface area (Å²) in [7, 11) is 1.53. The van der Waals surface area contributed by atoms with E-state index in [0.717, 1.165) is 6.42 Å². The molecular formula is C22H22FN5O3. The second-order valence-electron chi connectivity index (χ2n) is 7.58. The highest BCUT2D eigenvalue weighted by Gasteiger charge is 2.18. The van der Waals surface area contributed by atoms with E-state index in [1.165, 1.54) is 38.9 Å². The smallest absolute Gasteiger partial charge is 0.350 e. The molecule has 2 aromatic heterocycles. The molecular weight excluding hydrogens is 401 g/mol. The van der Waals surface area contributed by atoms with Gasteiger partial charge in [0.25, 0.3) is 11.5 Å². The van der Waals surface area contributed by atoms with Crippen molar-refractivity contribution < 1.29 is 9.18 Å².